The summed E-state index contributed by atoms with van der Waals surface area (Å²) in [6, 6.07) is 2.29. The molecule has 0 aromatic carbocycles. The molecular formula is C15H23N3O. The van der Waals surface area contributed by atoms with E-state index in [1.165, 1.54) is 19.3 Å². The van der Waals surface area contributed by atoms with E-state index in [1.807, 2.05) is 6.20 Å². The number of fused-ring (bicyclic) bond motifs is 1. The van der Waals surface area contributed by atoms with E-state index in [9.17, 15) is 0 Å². The molecule has 0 aliphatic heterocycles. The molecule has 0 radical (unpaired) electrons. The Kier molecular flexibility index (Phi) is 3.71. The molecule has 0 saturated heterocycles. The van der Waals surface area contributed by atoms with E-state index >= 15 is 0 Å². The number of rotatable bonds is 6. The third-order valence-corrected chi connectivity index (χ3v) is 4.50. The van der Waals surface area contributed by atoms with Crippen molar-refractivity contribution in [1.29, 1.82) is 0 Å². The maximum Gasteiger partial charge on any atom is 0.137 e. The van der Waals surface area contributed by atoms with E-state index < -0.39 is 0 Å². The Morgan fingerprint density at radius 1 is 1.37 bits per heavy atom. The zero-order valence-electron chi connectivity index (χ0n) is 11.5. The average Bonchev–Trinajstić information content (AvgIpc) is 3.05. The summed E-state index contributed by atoms with van der Waals surface area (Å²) >= 11 is 0. The van der Waals surface area contributed by atoms with Crippen molar-refractivity contribution in [3.05, 3.63) is 24.0 Å². The molecule has 1 aromatic rings. The molecule has 104 valence electrons. The number of pyridine rings is 1. The second kappa shape index (κ2) is 5.47. The van der Waals surface area contributed by atoms with Crippen LogP contribution < -0.4 is 16.0 Å². The molecule has 4 nitrogen and oxygen atoms in total. The molecule has 0 spiro atoms. The molecule has 3 atom stereocenters. The highest BCUT2D eigenvalue weighted by molar-refractivity contribution is 5.27. The van der Waals surface area contributed by atoms with Gasteiger partial charge in [-0.25, -0.2) is 0 Å². The first kappa shape index (κ1) is 12.9. The predicted molar refractivity (Wildman–Crippen MR) is 74.4 cm³/mol. The molecule has 3 rings (SSSR count). The molecule has 1 heterocycles. The summed E-state index contributed by atoms with van der Waals surface area (Å²) in [4.78, 5) is 4.29. The highest BCUT2D eigenvalue weighted by atomic mass is 16.5. The number of ether oxygens (including phenoxy) is 1. The summed E-state index contributed by atoms with van der Waals surface area (Å²) in [6.07, 6.45) is 8.74. The minimum atomic E-state index is 0.213. The van der Waals surface area contributed by atoms with Crippen molar-refractivity contribution in [2.24, 2.45) is 23.6 Å². The number of nitrogens with one attached hydrogen (secondary N) is 1. The van der Waals surface area contributed by atoms with Crippen molar-refractivity contribution >= 4 is 0 Å². The molecule has 19 heavy (non-hydrogen) atoms. The Bertz CT molecular complexity index is 427. The van der Waals surface area contributed by atoms with Crippen LogP contribution in [0.5, 0.6) is 5.75 Å². The van der Waals surface area contributed by atoms with E-state index in [0.29, 0.717) is 5.92 Å². The first-order valence-corrected chi connectivity index (χ1v) is 7.35. The number of aromatic nitrogens is 1. The predicted octanol–water partition coefficient (Wildman–Crippen LogP) is 2.42. The summed E-state index contributed by atoms with van der Waals surface area (Å²) in [7, 11) is 0. The standard InChI is InChI=1S/C15H23N3O/c1-2-3-19-14-7-13(8-17-9-14)15(18-16)12-5-10-4-11(10)6-12/h7-12,15,18H,2-6,16H2,1H3. The Hall–Kier alpha value is -1.13. The Morgan fingerprint density at radius 2 is 2.16 bits per heavy atom. The van der Waals surface area contributed by atoms with Crippen LogP contribution >= 0.6 is 0 Å². The van der Waals surface area contributed by atoms with Gasteiger partial charge in [-0.15, -0.1) is 0 Å². The van der Waals surface area contributed by atoms with Gasteiger partial charge >= 0.3 is 0 Å². The maximum absolute atomic E-state index is 5.78. The lowest BCUT2D eigenvalue weighted by Crippen LogP contribution is -2.33. The van der Waals surface area contributed by atoms with Crippen molar-refractivity contribution < 1.29 is 4.74 Å². The first-order chi connectivity index (χ1) is 9.31. The first-order valence-electron chi connectivity index (χ1n) is 7.35. The molecule has 4 heteroatoms. The normalized spacial score (nSPS) is 29.9. The number of hydrazine groups is 1. The van der Waals surface area contributed by atoms with E-state index in [4.69, 9.17) is 10.6 Å². The topological polar surface area (TPSA) is 60.2 Å². The Morgan fingerprint density at radius 3 is 2.84 bits per heavy atom. The second-order valence-corrected chi connectivity index (χ2v) is 5.93. The van der Waals surface area contributed by atoms with Gasteiger partial charge in [0.15, 0.2) is 0 Å². The van der Waals surface area contributed by atoms with Crippen molar-refractivity contribution in [1.82, 2.24) is 10.4 Å². The number of nitrogens with two attached hydrogens (primary N) is 1. The van der Waals surface area contributed by atoms with Gasteiger partial charge in [0.2, 0.25) is 0 Å². The van der Waals surface area contributed by atoms with E-state index in [2.05, 4.69) is 23.4 Å². The van der Waals surface area contributed by atoms with Gasteiger partial charge in [-0.05, 0) is 55.1 Å². The van der Waals surface area contributed by atoms with Crippen LogP contribution in [-0.4, -0.2) is 11.6 Å². The molecule has 2 aliphatic rings. The van der Waals surface area contributed by atoms with Gasteiger partial charge in [-0.1, -0.05) is 6.92 Å². The van der Waals surface area contributed by atoms with Crippen LogP contribution in [0.25, 0.3) is 0 Å². The maximum atomic E-state index is 5.78. The summed E-state index contributed by atoms with van der Waals surface area (Å²) in [6.45, 7) is 2.84. The Labute approximate surface area is 114 Å². The third-order valence-electron chi connectivity index (χ3n) is 4.50. The smallest absolute Gasteiger partial charge is 0.137 e. The third kappa shape index (κ3) is 2.74. The largest absolute Gasteiger partial charge is 0.492 e. The molecule has 1 aromatic heterocycles. The average molecular weight is 261 g/mol. The number of nitrogens with zero attached hydrogens (tertiary/aromatic N) is 1. The van der Waals surface area contributed by atoms with Crippen LogP contribution in [0, 0.1) is 17.8 Å². The monoisotopic (exact) mass is 261 g/mol. The van der Waals surface area contributed by atoms with Crippen molar-refractivity contribution in [3.63, 3.8) is 0 Å². The minimum absolute atomic E-state index is 0.213. The number of hydrogen-bond donors (Lipinski definition) is 2. The van der Waals surface area contributed by atoms with Crippen LogP contribution in [0.15, 0.2) is 18.5 Å². The molecule has 3 N–H and O–H groups in total. The van der Waals surface area contributed by atoms with Crippen LogP contribution in [0.1, 0.15) is 44.2 Å². The van der Waals surface area contributed by atoms with Gasteiger partial charge in [0.1, 0.15) is 5.75 Å². The van der Waals surface area contributed by atoms with Gasteiger partial charge in [-0.3, -0.25) is 16.3 Å². The zero-order valence-corrected chi connectivity index (χ0v) is 11.5. The fourth-order valence-corrected chi connectivity index (χ4v) is 3.44. The molecule has 2 saturated carbocycles. The fraction of sp³-hybridized carbons (Fsp3) is 0.667. The summed E-state index contributed by atoms with van der Waals surface area (Å²) in [5.74, 6) is 9.21. The lowest BCUT2D eigenvalue weighted by molar-refractivity contribution is 0.312. The van der Waals surface area contributed by atoms with E-state index in [1.54, 1.807) is 6.20 Å². The minimum Gasteiger partial charge on any atom is -0.492 e. The van der Waals surface area contributed by atoms with Crippen molar-refractivity contribution in [3.8, 4) is 5.75 Å². The van der Waals surface area contributed by atoms with Gasteiger partial charge in [0.25, 0.3) is 0 Å². The lowest BCUT2D eigenvalue weighted by atomic mass is 9.90. The quantitative estimate of drug-likeness (QED) is 0.610. The highest BCUT2D eigenvalue weighted by Crippen LogP contribution is 2.57. The second-order valence-electron chi connectivity index (χ2n) is 5.93. The number of hydrogen-bond acceptors (Lipinski definition) is 4. The fourth-order valence-electron chi connectivity index (χ4n) is 3.44. The van der Waals surface area contributed by atoms with Crippen LogP contribution in [-0.2, 0) is 0 Å². The van der Waals surface area contributed by atoms with Crippen molar-refractivity contribution in [2.75, 3.05) is 6.61 Å². The van der Waals surface area contributed by atoms with E-state index in [-0.39, 0.29) is 6.04 Å². The molecule has 2 aliphatic carbocycles. The van der Waals surface area contributed by atoms with Gasteiger partial charge < -0.3 is 4.74 Å². The highest BCUT2D eigenvalue weighted by Gasteiger charge is 2.48. The molecule has 3 unspecified atom stereocenters. The summed E-state index contributed by atoms with van der Waals surface area (Å²) < 4.78 is 5.65. The Balaban J connectivity index is 1.71. The zero-order chi connectivity index (χ0) is 13.2. The molecule has 0 amide bonds. The van der Waals surface area contributed by atoms with Gasteiger partial charge in [0.05, 0.1) is 18.8 Å². The van der Waals surface area contributed by atoms with Crippen LogP contribution in [0.4, 0.5) is 0 Å². The lowest BCUT2D eigenvalue weighted by Gasteiger charge is -2.24. The molecule has 2 fully saturated rings. The van der Waals surface area contributed by atoms with Crippen molar-refractivity contribution in [2.45, 2.75) is 38.6 Å². The molecular weight excluding hydrogens is 238 g/mol. The summed E-state index contributed by atoms with van der Waals surface area (Å²) in [5.41, 5.74) is 4.14. The van der Waals surface area contributed by atoms with Crippen LogP contribution in [0.2, 0.25) is 0 Å². The summed E-state index contributed by atoms with van der Waals surface area (Å²) in [5, 5.41) is 0. The van der Waals surface area contributed by atoms with Crippen LogP contribution in [0.3, 0.4) is 0 Å². The SMILES string of the molecule is CCCOc1cncc(C(NN)C2CC3CC3C2)c1. The van der Waals surface area contributed by atoms with E-state index in [0.717, 1.165) is 36.2 Å². The van der Waals surface area contributed by atoms with Gasteiger partial charge in [-0.2, -0.15) is 0 Å². The molecule has 0 bridgehead atoms. The van der Waals surface area contributed by atoms with Gasteiger partial charge in [0, 0.05) is 6.20 Å².